The Morgan fingerprint density at radius 2 is 1.85 bits per heavy atom. The number of phenols is 1. The van der Waals surface area contributed by atoms with Crippen molar-refractivity contribution in [3.63, 3.8) is 0 Å². The van der Waals surface area contributed by atoms with Crippen LogP contribution < -0.4 is 10.2 Å². The zero-order valence-electron chi connectivity index (χ0n) is 27.2. The third kappa shape index (κ3) is 4.66. The number of aromatic hydroxyl groups is 1. The van der Waals surface area contributed by atoms with E-state index in [0.717, 1.165) is 48.2 Å². The van der Waals surface area contributed by atoms with Gasteiger partial charge in [0.2, 0.25) is 5.91 Å². The minimum absolute atomic E-state index is 0.0168. The zero-order chi connectivity index (χ0) is 32.7. The number of nitrogens with zero attached hydrogens (tertiary/aromatic N) is 6. The highest BCUT2D eigenvalue weighted by Gasteiger charge is 2.49. The van der Waals surface area contributed by atoms with Crippen LogP contribution in [0, 0.1) is 11.7 Å². The van der Waals surface area contributed by atoms with Crippen molar-refractivity contribution in [1.29, 1.82) is 0 Å². The van der Waals surface area contributed by atoms with E-state index in [1.54, 1.807) is 37.2 Å². The molecule has 3 N–H and O–H groups in total. The third-order valence-corrected chi connectivity index (χ3v) is 10.6. The Balaban J connectivity index is 1.42. The summed E-state index contributed by atoms with van der Waals surface area (Å²) in [6.07, 6.45) is 1.80. The van der Waals surface area contributed by atoms with E-state index in [4.69, 9.17) is 9.97 Å². The highest BCUT2D eigenvalue weighted by Crippen LogP contribution is 2.49. The quantitative estimate of drug-likeness (QED) is 0.234. The van der Waals surface area contributed by atoms with Crippen LogP contribution in [-0.4, -0.2) is 100 Å². The number of aromatic nitrogens is 3. The topological polar surface area (TPSA) is 110 Å². The minimum atomic E-state index is -0.507. The summed E-state index contributed by atoms with van der Waals surface area (Å²) < 4.78 is 19.5. The predicted molar refractivity (Wildman–Crippen MR) is 181 cm³/mol. The monoisotopic (exact) mass is 637 g/mol. The predicted octanol–water partition coefficient (Wildman–Crippen LogP) is 4.05. The van der Waals surface area contributed by atoms with Gasteiger partial charge in [-0.2, -0.15) is 0 Å². The number of hydrogen-bond donors (Lipinski definition) is 3. The van der Waals surface area contributed by atoms with Gasteiger partial charge in [0.05, 0.1) is 18.2 Å². The molecular formula is C36H40FN7O3. The maximum Gasteiger partial charge on any atom is 0.222 e. The molecule has 2 aromatic heterocycles. The average Bonchev–Trinajstić information content (AvgIpc) is 3.75. The molecule has 3 unspecified atom stereocenters. The number of anilines is 1. The van der Waals surface area contributed by atoms with E-state index in [1.807, 2.05) is 24.3 Å². The number of halogens is 1. The van der Waals surface area contributed by atoms with Crippen molar-refractivity contribution in [3.05, 3.63) is 59.7 Å². The summed E-state index contributed by atoms with van der Waals surface area (Å²) in [5, 5.41) is 27.3. The number of aliphatic hydroxyl groups excluding tert-OH is 1. The molecule has 4 aliphatic rings. The fraction of sp³-hybridized carbons (Fsp3) is 0.417. The van der Waals surface area contributed by atoms with Crippen LogP contribution in [0.5, 0.6) is 5.75 Å². The highest BCUT2D eigenvalue weighted by atomic mass is 19.1. The van der Waals surface area contributed by atoms with E-state index < -0.39 is 5.82 Å². The first-order chi connectivity index (χ1) is 22.6. The number of carbonyl (C=O) groups excluding carboxylic acids is 1. The van der Waals surface area contributed by atoms with Gasteiger partial charge >= 0.3 is 0 Å². The number of benzene rings is 3. The Morgan fingerprint density at radius 1 is 1.06 bits per heavy atom. The number of likely N-dealkylation sites (N-methyl/N-ethyl adjacent to an activating group) is 1. The van der Waals surface area contributed by atoms with E-state index in [9.17, 15) is 15.0 Å². The normalized spacial score (nSPS) is 20.8. The van der Waals surface area contributed by atoms with Crippen LogP contribution in [0.3, 0.4) is 0 Å². The number of nitrogens with one attached hydrogen (secondary N) is 1. The van der Waals surface area contributed by atoms with Crippen molar-refractivity contribution >= 4 is 44.4 Å². The van der Waals surface area contributed by atoms with Crippen LogP contribution in [0.15, 0.2) is 42.5 Å². The van der Waals surface area contributed by atoms with Crippen LogP contribution in [0.4, 0.5) is 10.2 Å². The molecule has 5 heterocycles. The summed E-state index contributed by atoms with van der Waals surface area (Å²) in [5.74, 6) is 1.34. The van der Waals surface area contributed by atoms with Crippen molar-refractivity contribution in [2.24, 2.45) is 5.92 Å². The van der Waals surface area contributed by atoms with E-state index in [0.29, 0.717) is 52.6 Å². The third-order valence-electron chi connectivity index (χ3n) is 10.6. The van der Waals surface area contributed by atoms with Crippen LogP contribution >= 0.6 is 0 Å². The van der Waals surface area contributed by atoms with Gasteiger partial charge in [0, 0.05) is 69.6 Å². The second kappa shape index (κ2) is 11.1. The van der Waals surface area contributed by atoms with E-state index in [-0.39, 0.29) is 41.4 Å². The maximum absolute atomic E-state index is 17.2. The molecule has 1 aliphatic carbocycles. The molecule has 11 heteroatoms. The highest BCUT2D eigenvalue weighted by molar-refractivity contribution is 6.11. The van der Waals surface area contributed by atoms with Crippen molar-refractivity contribution < 1.29 is 19.4 Å². The lowest BCUT2D eigenvalue weighted by Gasteiger charge is -2.43. The molecule has 3 aliphatic heterocycles. The Morgan fingerprint density at radius 3 is 2.53 bits per heavy atom. The number of hydrogen-bond acceptors (Lipinski definition) is 8. The average molecular weight is 638 g/mol. The van der Waals surface area contributed by atoms with Crippen LogP contribution in [0.2, 0.25) is 0 Å². The van der Waals surface area contributed by atoms with Crippen LogP contribution in [0.1, 0.15) is 30.3 Å². The minimum Gasteiger partial charge on any atom is -0.508 e. The lowest BCUT2D eigenvalue weighted by atomic mass is 9.79. The molecule has 1 amide bonds. The number of aryl methyl sites for hydroxylation is 1. The largest absolute Gasteiger partial charge is 0.508 e. The lowest BCUT2D eigenvalue weighted by Crippen LogP contribution is -2.57. The molecule has 47 heavy (non-hydrogen) atoms. The molecule has 0 radical (unpaired) electrons. The van der Waals surface area contributed by atoms with Crippen molar-refractivity contribution in [1.82, 2.24) is 29.7 Å². The molecule has 10 nitrogen and oxygen atoms in total. The first-order valence-corrected chi connectivity index (χ1v) is 16.4. The second-order valence-electron chi connectivity index (χ2n) is 13.8. The van der Waals surface area contributed by atoms with Gasteiger partial charge in [-0.3, -0.25) is 4.79 Å². The van der Waals surface area contributed by atoms with Gasteiger partial charge in [-0.15, -0.1) is 0 Å². The van der Waals surface area contributed by atoms with E-state index >= 15 is 4.39 Å². The molecule has 244 valence electrons. The first kappa shape index (κ1) is 30.0. The number of aliphatic hydroxyl groups is 1. The van der Waals surface area contributed by atoms with Gasteiger partial charge in [-0.25, -0.2) is 14.4 Å². The fourth-order valence-corrected chi connectivity index (χ4v) is 7.89. The number of imidazole rings is 1. The van der Waals surface area contributed by atoms with Gasteiger partial charge in [-0.05, 0) is 66.5 Å². The number of rotatable bonds is 8. The number of carbonyl (C=O) groups is 1. The van der Waals surface area contributed by atoms with E-state index in [1.165, 1.54) is 0 Å². The Hall–Kier alpha value is -4.32. The maximum atomic E-state index is 17.2. The molecule has 0 spiro atoms. The summed E-state index contributed by atoms with van der Waals surface area (Å²) in [6.45, 7) is 2.01. The molecule has 1 saturated carbocycles. The van der Waals surface area contributed by atoms with Gasteiger partial charge in [0.15, 0.2) is 11.6 Å². The lowest BCUT2D eigenvalue weighted by molar-refractivity contribution is -0.128. The van der Waals surface area contributed by atoms with Crippen LogP contribution in [0.25, 0.3) is 43.8 Å². The molecule has 2 bridgehead atoms. The molecule has 4 fully saturated rings. The summed E-state index contributed by atoms with van der Waals surface area (Å²) >= 11 is 0. The Kier molecular flexibility index (Phi) is 7.12. The van der Waals surface area contributed by atoms with Crippen LogP contribution in [-0.2, 0) is 17.8 Å². The standard InChI is InChI=1S/C36H40FN7O3/c1-41(2)22-16-43(17-22)36-33-35(44(34-20-13-27(34)38-15-20)28(39-33)9-10-29(47)42(3)4)30-21(18-45)12-26(31(37)32(30)40-36)25-14-23(46)11-19-7-5-6-8-24(19)25/h5-8,11-12,14,20,22,27,34,38,45-46H,9-10,13,15-18H2,1-4H3. The summed E-state index contributed by atoms with van der Waals surface area (Å²) in [6, 6.07) is 13.2. The molecule has 3 aromatic carbocycles. The summed E-state index contributed by atoms with van der Waals surface area (Å²) in [7, 11) is 7.62. The molecular weight excluding hydrogens is 597 g/mol. The number of fused-ring (bicyclic) bond motifs is 5. The second-order valence-corrected chi connectivity index (χ2v) is 13.8. The van der Waals surface area contributed by atoms with Gasteiger partial charge in [0.1, 0.15) is 22.6 Å². The Bertz CT molecular complexity index is 2060. The van der Waals surface area contributed by atoms with Crippen molar-refractivity contribution in [2.75, 3.05) is 52.7 Å². The number of amides is 1. The van der Waals surface area contributed by atoms with E-state index in [2.05, 4.69) is 33.8 Å². The molecule has 9 rings (SSSR count). The van der Waals surface area contributed by atoms with Gasteiger partial charge in [0.25, 0.3) is 0 Å². The van der Waals surface area contributed by atoms with Crippen molar-refractivity contribution in [2.45, 2.75) is 44.0 Å². The molecule has 5 aromatic rings. The van der Waals surface area contributed by atoms with Gasteiger partial charge in [-0.1, -0.05) is 24.3 Å². The Labute approximate surface area is 272 Å². The SMILES string of the molecule is CN(C)C(=O)CCc1nc2c(N3CC(N(C)C)C3)nc3c(F)c(-c4cc(O)cc5ccccc45)cc(CO)c3c2n1C1C2CNC1C2. The van der Waals surface area contributed by atoms with Crippen molar-refractivity contribution in [3.8, 4) is 16.9 Å². The zero-order valence-corrected chi connectivity index (χ0v) is 27.2. The van der Waals surface area contributed by atoms with Gasteiger partial charge < -0.3 is 34.8 Å². The number of pyridine rings is 1. The first-order valence-electron chi connectivity index (χ1n) is 16.4. The smallest absolute Gasteiger partial charge is 0.222 e. The summed E-state index contributed by atoms with van der Waals surface area (Å²) in [4.78, 5) is 28.9. The molecule has 3 atom stereocenters. The fourth-order valence-electron chi connectivity index (χ4n) is 7.89. The summed E-state index contributed by atoms with van der Waals surface area (Å²) in [5.41, 5.74) is 2.97. The number of phenolic OH excluding ortho intramolecular Hbond substituents is 1. The molecule has 3 saturated heterocycles.